The van der Waals surface area contributed by atoms with Gasteiger partial charge in [-0.15, -0.1) is 0 Å². The second kappa shape index (κ2) is 51.5. The van der Waals surface area contributed by atoms with Crippen LogP contribution in [-0.4, -0.2) is 93.1 Å². The quantitative estimate of drug-likeness (QED) is 0.0338. The third kappa shape index (κ3) is 45.3. The minimum absolute atomic E-state index is 0.00651. The Morgan fingerprint density at radius 2 is 0.676 bits per heavy atom. The van der Waals surface area contributed by atoms with Crippen LogP contribution in [0.15, 0.2) is 0 Å². The van der Waals surface area contributed by atoms with Gasteiger partial charge in [0.05, 0.1) is 0 Å². The van der Waals surface area contributed by atoms with Gasteiger partial charge in [0, 0.05) is 39.1 Å². The highest BCUT2D eigenvalue weighted by molar-refractivity contribution is 5.70. The lowest BCUT2D eigenvalue weighted by molar-refractivity contribution is -0.151. The smallest absolute Gasteiger partial charge is 0.410 e. The molecule has 9 heteroatoms. The predicted octanol–water partition coefficient (Wildman–Crippen LogP) is 17.3. The molecule has 0 aliphatic carbocycles. The van der Waals surface area contributed by atoms with Gasteiger partial charge in [0.15, 0.2) is 0 Å². The van der Waals surface area contributed by atoms with E-state index in [-0.39, 0.29) is 36.3 Å². The summed E-state index contributed by atoms with van der Waals surface area (Å²) in [6.07, 6.45) is 44.3. The summed E-state index contributed by atoms with van der Waals surface area (Å²) in [5.74, 6) is -0.0130. The first-order valence-corrected chi connectivity index (χ1v) is 29.8. The van der Waals surface area contributed by atoms with E-state index < -0.39 is 0 Å². The van der Waals surface area contributed by atoms with E-state index >= 15 is 0 Å². The van der Waals surface area contributed by atoms with E-state index in [0.29, 0.717) is 12.8 Å². The van der Waals surface area contributed by atoms with Crippen LogP contribution in [0.5, 0.6) is 0 Å². The highest BCUT2D eigenvalue weighted by Crippen LogP contribution is 2.22. The third-order valence-corrected chi connectivity index (χ3v) is 13.7. The molecular formula is C59H116N2O7. The molecule has 0 radical (unpaired) electrons. The van der Waals surface area contributed by atoms with Crippen molar-refractivity contribution in [3.8, 4) is 0 Å². The molecule has 0 spiro atoms. The number of amides is 1. The van der Waals surface area contributed by atoms with Crippen molar-refractivity contribution in [3.05, 3.63) is 0 Å². The van der Waals surface area contributed by atoms with Crippen molar-refractivity contribution >= 4 is 18.0 Å². The van der Waals surface area contributed by atoms with Gasteiger partial charge in [-0.05, 0) is 137 Å². The minimum Gasteiger partial charge on any atom is -0.462 e. The lowest BCUT2D eigenvalue weighted by Gasteiger charge is -2.26. The average Bonchev–Trinajstić information content (AvgIpc) is 3.32. The molecule has 404 valence electrons. The molecule has 0 atom stereocenters. The zero-order valence-corrected chi connectivity index (χ0v) is 46.5. The van der Waals surface area contributed by atoms with Crippen molar-refractivity contribution in [3.63, 3.8) is 0 Å². The van der Waals surface area contributed by atoms with Crippen molar-refractivity contribution in [2.45, 2.75) is 316 Å². The zero-order valence-electron chi connectivity index (χ0n) is 46.5. The van der Waals surface area contributed by atoms with Crippen molar-refractivity contribution in [2.75, 3.05) is 46.9 Å². The summed E-state index contributed by atoms with van der Waals surface area (Å²) >= 11 is 0. The highest BCUT2D eigenvalue weighted by atomic mass is 16.6. The molecular weight excluding hydrogens is 849 g/mol. The van der Waals surface area contributed by atoms with Gasteiger partial charge in [0.25, 0.3) is 0 Å². The van der Waals surface area contributed by atoms with E-state index in [4.69, 9.17) is 18.9 Å². The first kappa shape index (κ1) is 66.1. The SMILES string of the molecule is CCCCCCC(CCCCCC)OC(=O)CCCCCCCCC(CCCCCCCCC(=O)OC(CCCCCC)CCCCCC)OC(=O)N(CCCCCCOCC)CCCN(C)C. The number of hydrogen-bond donors (Lipinski definition) is 0. The van der Waals surface area contributed by atoms with Gasteiger partial charge in [-0.2, -0.15) is 0 Å². The van der Waals surface area contributed by atoms with Crippen LogP contribution < -0.4 is 0 Å². The molecule has 0 rings (SSSR count). The van der Waals surface area contributed by atoms with Crippen LogP contribution in [0.3, 0.4) is 0 Å². The number of carbonyl (C=O) groups excluding carboxylic acids is 3. The number of nitrogens with zero attached hydrogens (tertiary/aromatic N) is 2. The first-order chi connectivity index (χ1) is 33.2. The predicted molar refractivity (Wildman–Crippen MR) is 289 cm³/mol. The molecule has 0 aliphatic rings. The molecule has 0 aromatic heterocycles. The number of esters is 2. The number of hydrogen-bond acceptors (Lipinski definition) is 8. The molecule has 0 heterocycles. The molecule has 0 aliphatic heterocycles. The fourth-order valence-corrected chi connectivity index (χ4v) is 9.26. The van der Waals surface area contributed by atoms with Crippen LogP contribution in [0, 0.1) is 0 Å². The van der Waals surface area contributed by atoms with E-state index in [1.165, 1.54) is 77.0 Å². The largest absolute Gasteiger partial charge is 0.462 e. The monoisotopic (exact) mass is 965 g/mol. The fourth-order valence-electron chi connectivity index (χ4n) is 9.26. The maximum atomic E-state index is 13.8. The second-order valence-electron chi connectivity index (χ2n) is 20.7. The summed E-state index contributed by atoms with van der Waals surface area (Å²) in [5.41, 5.74) is 0. The van der Waals surface area contributed by atoms with Gasteiger partial charge < -0.3 is 28.7 Å². The summed E-state index contributed by atoms with van der Waals surface area (Å²) in [6.45, 7) is 15.0. The normalized spacial score (nSPS) is 11.7. The molecule has 0 aromatic carbocycles. The number of rotatable bonds is 53. The Morgan fingerprint density at radius 1 is 0.353 bits per heavy atom. The van der Waals surface area contributed by atoms with Gasteiger partial charge >= 0.3 is 18.0 Å². The van der Waals surface area contributed by atoms with E-state index in [2.05, 4.69) is 46.7 Å². The number of ether oxygens (including phenoxy) is 4. The minimum atomic E-state index is -0.143. The fraction of sp³-hybridized carbons (Fsp3) is 0.949. The molecule has 0 saturated carbocycles. The molecule has 9 nitrogen and oxygen atoms in total. The lowest BCUT2D eigenvalue weighted by atomic mass is 10.0. The Kier molecular flexibility index (Phi) is 50.1. The zero-order chi connectivity index (χ0) is 50.0. The summed E-state index contributed by atoms with van der Waals surface area (Å²) in [7, 11) is 4.17. The van der Waals surface area contributed by atoms with Crippen molar-refractivity contribution in [1.82, 2.24) is 9.80 Å². The van der Waals surface area contributed by atoms with Crippen LogP contribution in [0.1, 0.15) is 298 Å². The second-order valence-corrected chi connectivity index (χ2v) is 20.7. The van der Waals surface area contributed by atoms with Gasteiger partial charge in [0.2, 0.25) is 0 Å². The van der Waals surface area contributed by atoms with Crippen LogP contribution >= 0.6 is 0 Å². The van der Waals surface area contributed by atoms with Crippen molar-refractivity contribution in [2.24, 2.45) is 0 Å². The van der Waals surface area contributed by atoms with Crippen molar-refractivity contribution in [1.29, 1.82) is 0 Å². The summed E-state index contributed by atoms with van der Waals surface area (Å²) in [5, 5.41) is 0. The summed E-state index contributed by atoms with van der Waals surface area (Å²) in [4.78, 5) is 43.6. The van der Waals surface area contributed by atoms with E-state index in [9.17, 15) is 14.4 Å². The maximum Gasteiger partial charge on any atom is 0.410 e. The van der Waals surface area contributed by atoms with Gasteiger partial charge in [-0.1, -0.05) is 169 Å². The summed E-state index contributed by atoms with van der Waals surface area (Å²) in [6, 6.07) is 0. The van der Waals surface area contributed by atoms with Gasteiger partial charge in [-0.25, -0.2) is 4.79 Å². The number of unbranched alkanes of at least 4 members (excludes halogenated alkanes) is 25. The van der Waals surface area contributed by atoms with Gasteiger partial charge in [0.1, 0.15) is 18.3 Å². The first-order valence-electron chi connectivity index (χ1n) is 29.8. The topological polar surface area (TPSA) is 94.6 Å². The Labute approximate surface area is 422 Å². The molecule has 0 fully saturated rings. The van der Waals surface area contributed by atoms with E-state index in [0.717, 1.165) is 206 Å². The van der Waals surface area contributed by atoms with E-state index in [1.54, 1.807) is 0 Å². The van der Waals surface area contributed by atoms with Crippen molar-refractivity contribution < 1.29 is 33.3 Å². The van der Waals surface area contributed by atoms with Crippen LogP contribution in [0.25, 0.3) is 0 Å². The summed E-state index contributed by atoms with van der Waals surface area (Å²) < 4.78 is 23.9. The standard InChI is InChI=1S/C59H116N2O7/c1-8-13-17-31-42-54(43-32-18-14-9-2)66-57(62)48-37-27-23-21-25-35-46-56(68-59(64)61(52-41-50-60(6)7)51-39-29-30-40-53-65-12-5)47-36-26-22-24-28-38-49-58(63)67-55(44-33-19-15-10-3)45-34-20-16-11-4/h54-56H,8-53H2,1-7H3. The number of carbonyl (C=O) groups is 3. The van der Waals surface area contributed by atoms with E-state index in [1.807, 2.05) is 11.8 Å². The third-order valence-electron chi connectivity index (χ3n) is 13.7. The molecule has 68 heavy (non-hydrogen) atoms. The van der Waals surface area contributed by atoms with Crippen LogP contribution in [0.2, 0.25) is 0 Å². The molecule has 0 bridgehead atoms. The molecule has 0 N–H and O–H groups in total. The maximum absolute atomic E-state index is 13.8. The molecule has 0 unspecified atom stereocenters. The Morgan fingerprint density at radius 3 is 1.06 bits per heavy atom. The average molecular weight is 966 g/mol. The Bertz CT molecular complexity index is 1010. The lowest BCUT2D eigenvalue weighted by Crippen LogP contribution is -2.37. The molecule has 0 saturated heterocycles. The Balaban J connectivity index is 5.05. The highest BCUT2D eigenvalue weighted by Gasteiger charge is 2.21. The van der Waals surface area contributed by atoms with Gasteiger partial charge in [-0.3, -0.25) is 9.59 Å². The van der Waals surface area contributed by atoms with Crippen LogP contribution in [-0.2, 0) is 28.5 Å². The molecule has 0 aromatic rings. The molecule has 1 amide bonds. The van der Waals surface area contributed by atoms with Crippen LogP contribution in [0.4, 0.5) is 4.79 Å². The Hall–Kier alpha value is -1.87.